The van der Waals surface area contributed by atoms with E-state index in [2.05, 4.69) is 15.3 Å². The summed E-state index contributed by atoms with van der Waals surface area (Å²) in [7, 11) is 0. The highest BCUT2D eigenvalue weighted by Gasteiger charge is 2.24. The molecule has 0 bridgehead atoms. The van der Waals surface area contributed by atoms with Crippen molar-refractivity contribution in [1.29, 1.82) is 0 Å². The molecule has 0 amide bonds. The molecule has 2 N–H and O–H groups in total. The molecule has 1 fully saturated rings. The van der Waals surface area contributed by atoms with Gasteiger partial charge in [0.1, 0.15) is 5.01 Å². The van der Waals surface area contributed by atoms with Gasteiger partial charge in [-0.25, -0.2) is 0 Å². The largest absolute Gasteiger partial charge is 0.381 e. The number of hydrogen-bond acceptors (Lipinski definition) is 6. The molecular formula is C12H19N5OS. The van der Waals surface area contributed by atoms with Crippen molar-refractivity contribution < 1.29 is 4.74 Å². The molecule has 1 saturated heterocycles. The second kappa shape index (κ2) is 4.81. The Kier molecular flexibility index (Phi) is 3.28. The molecule has 0 unspecified atom stereocenters. The molecule has 19 heavy (non-hydrogen) atoms. The van der Waals surface area contributed by atoms with Crippen LogP contribution in [0.2, 0.25) is 0 Å². The summed E-state index contributed by atoms with van der Waals surface area (Å²) in [5.74, 6) is 1.38. The molecular weight excluding hydrogens is 262 g/mol. The van der Waals surface area contributed by atoms with Gasteiger partial charge in [-0.2, -0.15) is 9.61 Å². The summed E-state index contributed by atoms with van der Waals surface area (Å²) in [6.07, 6.45) is 2.75. The average Bonchev–Trinajstić information content (AvgIpc) is 2.87. The zero-order valence-electron chi connectivity index (χ0n) is 11.3. The highest BCUT2D eigenvalue weighted by atomic mass is 32.1. The Morgan fingerprint density at radius 3 is 2.79 bits per heavy atom. The number of fused-ring (bicyclic) bond motifs is 1. The van der Waals surface area contributed by atoms with Crippen LogP contribution in [0.3, 0.4) is 0 Å². The Bertz CT molecular complexity index is 564. The van der Waals surface area contributed by atoms with Crippen LogP contribution in [0.15, 0.2) is 0 Å². The van der Waals surface area contributed by atoms with Crippen molar-refractivity contribution in [3.8, 4) is 0 Å². The predicted octanol–water partition coefficient (Wildman–Crippen LogP) is 1.36. The summed E-state index contributed by atoms with van der Waals surface area (Å²) in [5, 5.41) is 14.2. The molecule has 0 spiro atoms. The Balaban J connectivity index is 1.89. The van der Waals surface area contributed by atoms with Gasteiger partial charge in [0.25, 0.3) is 0 Å². The van der Waals surface area contributed by atoms with Gasteiger partial charge in [-0.1, -0.05) is 11.3 Å². The minimum absolute atomic E-state index is 0.248. The second-order valence-corrected chi connectivity index (χ2v) is 6.84. The van der Waals surface area contributed by atoms with Crippen LogP contribution in [-0.4, -0.2) is 38.6 Å². The van der Waals surface area contributed by atoms with Gasteiger partial charge in [0.2, 0.25) is 4.96 Å². The fraction of sp³-hybridized carbons (Fsp3) is 0.750. The standard InChI is InChI=1S/C12H19N5OS/c1-12(2,13)7-9-16-17-10(14-15-11(17)19-9)8-3-5-18-6-4-8/h8H,3-7,13H2,1-2H3. The molecule has 6 nitrogen and oxygen atoms in total. The Labute approximate surface area is 116 Å². The van der Waals surface area contributed by atoms with E-state index in [1.54, 1.807) is 11.3 Å². The van der Waals surface area contributed by atoms with E-state index < -0.39 is 0 Å². The lowest BCUT2D eigenvalue weighted by molar-refractivity contribution is 0.0831. The maximum atomic E-state index is 6.04. The van der Waals surface area contributed by atoms with Crippen molar-refractivity contribution in [3.63, 3.8) is 0 Å². The molecule has 7 heteroatoms. The molecule has 0 atom stereocenters. The Hall–Kier alpha value is -1.05. The molecule has 1 aliphatic rings. The predicted molar refractivity (Wildman–Crippen MR) is 73.4 cm³/mol. The summed E-state index contributed by atoms with van der Waals surface area (Å²) >= 11 is 1.58. The van der Waals surface area contributed by atoms with Crippen LogP contribution in [0.1, 0.15) is 43.4 Å². The second-order valence-electron chi connectivity index (χ2n) is 5.80. The van der Waals surface area contributed by atoms with E-state index in [0.717, 1.165) is 48.3 Å². The summed E-state index contributed by atoms with van der Waals surface area (Å²) in [5.41, 5.74) is 5.80. The van der Waals surface area contributed by atoms with Crippen LogP contribution in [0, 0.1) is 0 Å². The van der Waals surface area contributed by atoms with Gasteiger partial charge in [0.15, 0.2) is 5.82 Å². The zero-order valence-corrected chi connectivity index (χ0v) is 12.1. The summed E-state index contributed by atoms with van der Waals surface area (Å²) in [6.45, 7) is 5.61. The number of nitrogens with zero attached hydrogens (tertiary/aromatic N) is 4. The molecule has 3 rings (SSSR count). The monoisotopic (exact) mass is 281 g/mol. The van der Waals surface area contributed by atoms with Crippen LogP contribution in [0.4, 0.5) is 0 Å². The average molecular weight is 281 g/mol. The van der Waals surface area contributed by atoms with E-state index in [1.165, 1.54) is 0 Å². The number of rotatable bonds is 3. The van der Waals surface area contributed by atoms with Crippen molar-refractivity contribution in [3.05, 3.63) is 10.8 Å². The molecule has 0 aromatic carbocycles. The zero-order chi connectivity index (χ0) is 13.5. The van der Waals surface area contributed by atoms with Crippen LogP contribution >= 0.6 is 11.3 Å². The molecule has 104 valence electrons. The van der Waals surface area contributed by atoms with Crippen LogP contribution in [-0.2, 0) is 11.2 Å². The third kappa shape index (κ3) is 2.77. The molecule has 0 saturated carbocycles. The minimum atomic E-state index is -0.248. The van der Waals surface area contributed by atoms with Crippen LogP contribution < -0.4 is 5.73 Å². The smallest absolute Gasteiger partial charge is 0.234 e. The molecule has 0 radical (unpaired) electrons. The third-order valence-electron chi connectivity index (χ3n) is 3.25. The fourth-order valence-corrected chi connectivity index (χ4v) is 3.42. The summed E-state index contributed by atoms with van der Waals surface area (Å²) < 4.78 is 7.28. The van der Waals surface area contributed by atoms with E-state index in [-0.39, 0.29) is 5.54 Å². The summed E-state index contributed by atoms with van der Waals surface area (Å²) in [4.78, 5) is 0.862. The Morgan fingerprint density at radius 2 is 2.11 bits per heavy atom. The normalized spacial score (nSPS) is 18.3. The molecule has 2 aromatic heterocycles. The van der Waals surface area contributed by atoms with Crippen LogP contribution in [0.5, 0.6) is 0 Å². The number of hydrogen-bond donors (Lipinski definition) is 1. The lowest BCUT2D eigenvalue weighted by Gasteiger charge is -2.19. The maximum Gasteiger partial charge on any atom is 0.234 e. The van der Waals surface area contributed by atoms with E-state index in [4.69, 9.17) is 10.5 Å². The van der Waals surface area contributed by atoms with Gasteiger partial charge in [0.05, 0.1) is 0 Å². The fourth-order valence-electron chi connectivity index (χ4n) is 2.34. The molecule has 2 aromatic rings. The molecule has 3 heterocycles. The lowest BCUT2D eigenvalue weighted by atomic mass is 10.00. The third-order valence-corrected chi connectivity index (χ3v) is 4.15. The lowest BCUT2D eigenvalue weighted by Crippen LogP contribution is -2.34. The first-order valence-corrected chi connectivity index (χ1v) is 7.42. The van der Waals surface area contributed by atoms with Gasteiger partial charge in [-0.05, 0) is 26.7 Å². The molecule has 0 aliphatic carbocycles. The number of aromatic nitrogens is 4. The van der Waals surface area contributed by atoms with Crippen molar-refractivity contribution >= 4 is 16.3 Å². The minimum Gasteiger partial charge on any atom is -0.381 e. The van der Waals surface area contributed by atoms with Gasteiger partial charge >= 0.3 is 0 Å². The SMILES string of the molecule is CC(C)(N)Cc1nn2c(C3CCOCC3)nnc2s1. The van der Waals surface area contributed by atoms with Gasteiger partial charge in [0, 0.05) is 31.1 Å². The van der Waals surface area contributed by atoms with Crippen molar-refractivity contribution in [2.75, 3.05) is 13.2 Å². The first-order valence-electron chi connectivity index (χ1n) is 6.60. The first kappa shape index (κ1) is 13.0. The van der Waals surface area contributed by atoms with Crippen molar-refractivity contribution in [1.82, 2.24) is 19.8 Å². The van der Waals surface area contributed by atoms with E-state index in [1.807, 2.05) is 18.4 Å². The summed E-state index contributed by atoms with van der Waals surface area (Å²) in [6, 6.07) is 0. The van der Waals surface area contributed by atoms with Crippen molar-refractivity contribution in [2.45, 2.75) is 44.6 Å². The van der Waals surface area contributed by atoms with Crippen molar-refractivity contribution in [2.24, 2.45) is 5.73 Å². The van der Waals surface area contributed by atoms with Gasteiger partial charge < -0.3 is 10.5 Å². The molecule has 1 aliphatic heterocycles. The number of ether oxygens (including phenoxy) is 1. The van der Waals surface area contributed by atoms with E-state index >= 15 is 0 Å². The van der Waals surface area contributed by atoms with Gasteiger partial charge in [-0.3, -0.25) is 0 Å². The van der Waals surface area contributed by atoms with E-state index in [0.29, 0.717) is 5.92 Å². The quantitative estimate of drug-likeness (QED) is 0.919. The highest BCUT2D eigenvalue weighted by Crippen LogP contribution is 2.27. The number of nitrogens with two attached hydrogens (primary N) is 1. The first-order chi connectivity index (χ1) is 9.03. The maximum absolute atomic E-state index is 6.04. The topological polar surface area (TPSA) is 78.3 Å². The Morgan fingerprint density at radius 1 is 1.37 bits per heavy atom. The van der Waals surface area contributed by atoms with Gasteiger partial charge in [-0.15, -0.1) is 10.2 Å². The highest BCUT2D eigenvalue weighted by molar-refractivity contribution is 7.16. The van der Waals surface area contributed by atoms with Crippen LogP contribution in [0.25, 0.3) is 4.96 Å². The van der Waals surface area contributed by atoms with E-state index in [9.17, 15) is 0 Å².